The average molecular weight is 431 g/mol. The Morgan fingerprint density at radius 3 is 2.40 bits per heavy atom. The van der Waals surface area contributed by atoms with Crippen molar-refractivity contribution in [2.45, 2.75) is 55.9 Å². The number of sulfonamides is 1. The summed E-state index contributed by atoms with van der Waals surface area (Å²) in [6, 6.07) is 14.3. The lowest BCUT2D eigenvalue weighted by molar-refractivity contribution is 0.0933. The van der Waals surface area contributed by atoms with Gasteiger partial charge in [-0.1, -0.05) is 56.0 Å². The molecule has 1 saturated carbocycles. The molecule has 30 heavy (non-hydrogen) atoms. The molecular formula is C23H30N2O4S. The molecule has 3 rings (SSSR count). The van der Waals surface area contributed by atoms with Gasteiger partial charge < -0.3 is 10.1 Å². The quantitative estimate of drug-likeness (QED) is 0.626. The second-order valence-corrected chi connectivity index (χ2v) is 9.40. The van der Waals surface area contributed by atoms with E-state index in [4.69, 9.17) is 4.74 Å². The van der Waals surface area contributed by atoms with Crippen LogP contribution >= 0.6 is 0 Å². The first kappa shape index (κ1) is 22.3. The predicted octanol–water partition coefficient (Wildman–Crippen LogP) is 3.67. The first-order valence-corrected chi connectivity index (χ1v) is 12.0. The summed E-state index contributed by atoms with van der Waals surface area (Å²) in [5.41, 5.74) is 1.37. The topological polar surface area (TPSA) is 84.5 Å². The minimum atomic E-state index is -3.82. The van der Waals surface area contributed by atoms with E-state index in [0.717, 1.165) is 31.2 Å². The van der Waals surface area contributed by atoms with Gasteiger partial charge >= 0.3 is 0 Å². The van der Waals surface area contributed by atoms with E-state index < -0.39 is 10.0 Å². The van der Waals surface area contributed by atoms with E-state index in [1.165, 1.54) is 32.1 Å². The fourth-order valence-electron chi connectivity index (χ4n) is 3.77. The Morgan fingerprint density at radius 2 is 1.73 bits per heavy atom. The Kier molecular flexibility index (Phi) is 7.87. The molecule has 0 atom stereocenters. The first-order valence-electron chi connectivity index (χ1n) is 10.5. The highest BCUT2D eigenvalue weighted by atomic mass is 32.2. The van der Waals surface area contributed by atoms with Crippen LogP contribution in [-0.2, 0) is 16.4 Å². The van der Waals surface area contributed by atoms with Crippen LogP contribution in [0.5, 0.6) is 5.75 Å². The number of benzene rings is 2. The van der Waals surface area contributed by atoms with Crippen LogP contribution in [0.15, 0.2) is 53.4 Å². The third-order valence-corrected chi connectivity index (χ3v) is 6.94. The van der Waals surface area contributed by atoms with Gasteiger partial charge in [0.15, 0.2) is 0 Å². The molecule has 0 spiro atoms. The number of ether oxygens (including phenoxy) is 1. The second-order valence-electron chi connectivity index (χ2n) is 7.66. The van der Waals surface area contributed by atoms with Gasteiger partial charge in [-0.3, -0.25) is 4.79 Å². The van der Waals surface area contributed by atoms with Crippen LogP contribution in [0.1, 0.15) is 54.4 Å². The lowest BCUT2D eigenvalue weighted by atomic mass is 10.1. The summed E-state index contributed by atoms with van der Waals surface area (Å²) in [5, 5.41) is 3.06. The van der Waals surface area contributed by atoms with Crippen LogP contribution in [-0.4, -0.2) is 34.0 Å². The molecule has 6 nitrogen and oxygen atoms in total. The van der Waals surface area contributed by atoms with Crippen molar-refractivity contribution in [1.82, 2.24) is 10.0 Å². The molecule has 2 N–H and O–H groups in total. The Labute approximate surface area is 179 Å². The minimum Gasteiger partial charge on any atom is -0.495 e. The maximum absolute atomic E-state index is 12.9. The van der Waals surface area contributed by atoms with Gasteiger partial charge in [-0.2, -0.15) is 0 Å². The molecule has 1 amide bonds. The Balaban J connectivity index is 1.71. The molecule has 2 aromatic carbocycles. The Morgan fingerprint density at radius 1 is 1.03 bits per heavy atom. The summed E-state index contributed by atoms with van der Waals surface area (Å²) in [4.78, 5) is 12.7. The third kappa shape index (κ3) is 6.06. The number of rotatable bonds is 8. The Bertz CT molecular complexity index is 937. The van der Waals surface area contributed by atoms with E-state index in [2.05, 4.69) is 10.0 Å². The van der Waals surface area contributed by atoms with E-state index in [1.54, 1.807) is 6.07 Å². The van der Waals surface area contributed by atoms with Crippen molar-refractivity contribution in [3.63, 3.8) is 0 Å². The zero-order chi connectivity index (χ0) is 21.4. The van der Waals surface area contributed by atoms with Gasteiger partial charge in [0.2, 0.25) is 10.0 Å². The molecule has 0 radical (unpaired) electrons. The summed E-state index contributed by atoms with van der Waals surface area (Å²) < 4.78 is 33.6. The standard InChI is InChI=1S/C23H30N2O4S/c1-29-21-14-13-19(23(26)25-20-11-7-2-3-8-12-20)17-22(21)30(27,28)24-16-15-18-9-5-4-6-10-18/h4-6,9-10,13-14,17,20,24H,2-3,7-8,11-12,15-16H2,1H3,(H,25,26). The Hall–Kier alpha value is -2.38. The van der Waals surface area contributed by atoms with Crippen molar-refractivity contribution in [2.24, 2.45) is 0 Å². The van der Waals surface area contributed by atoms with Gasteiger partial charge in [0.25, 0.3) is 5.91 Å². The highest BCUT2D eigenvalue weighted by Gasteiger charge is 2.22. The van der Waals surface area contributed by atoms with E-state index in [-0.39, 0.29) is 29.1 Å². The zero-order valence-electron chi connectivity index (χ0n) is 17.4. The molecule has 162 valence electrons. The molecule has 0 unspecified atom stereocenters. The van der Waals surface area contributed by atoms with Crippen LogP contribution in [0.3, 0.4) is 0 Å². The van der Waals surface area contributed by atoms with Crippen molar-refractivity contribution >= 4 is 15.9 Å². The van der Waals surface area contributed by atoms with Crippen LogP contribution in [0.4, 0.5) is 0 Å². The van der Waals surface area contributed by atoms with E-state index in [9.17, 15) is 13.2 Å². The summed E-state index contributed by atoms with van der Waals surface area (Å²) in [6.07, 6.45) is 7.13. The molecule has 0 heterocycles. The lowest BCUT2D eigenvalue weighted by Crippen LogP contribution is -2.34. The van der Waals surface area contributed by atoms with Crippen molar-refractivity contribution in [1.29, 1.82) is 0 Å². The number of hydrogen-bond donors (Lipinski definition) is 2. The molecule has 1 fully saturated rings. The molecule has 2 aromatic rings. The van der Waals surface area contributed by atoms with Gasteiger partial charge in [0.05, 0.1) is 7.11 Å². The normalized spacial score (nSPS) is 15.4. The van der Waals surface area contributed by atoms with E-state index >= 15 is 0 Å². The van der Waals surface area contributed by atoms with Crippen molar-refractivity contribution in [3.8, 4) is 5.75 Å². The van der Waals surface area contributed by atoms with Gasteiger partial charge in [-0.25, -0.2) is 13.1 Å². The van der Waals surface area contributed by atoms with Crippen LogP contribution in [0.25, 0.3) is 0 Å². The summed E-state index contributed by atoms with van der Waals surface area (Å²) in [7, 11) is -2.40. The molecule has 1 aliphatic rings. The van der Waals surface area contributed by atoms with Gasteiger partial charge in [-0.15, -0.1) is 0 Å². The predicted molar refractivity (Wildman–Crippen MR) is 117 cm³/mol. The van der Waals surface area contributed by atoms with Crippen molar-refractivity contribution in [3.05, 3.63) is 59.7 Å². The summed E-state index contributed by atoms with van der Waals surface area (Å²) >= 11 is 0. The molecule has 7 heteroatoms. The van der Waals surface area contributed by atoms with Crippen LogP contribution in [0, 0.1) is 0 Å². The highest BCUT2D eigenvalue weighted by molar-refractivity contribution is 7.89. The number of methoxy groups -OCH3 is 1. The number of nitrogens with one attached hydrogen (secondary N) is 2. The maximum Gasteiger partial charge on any atom is 0.251 e. The van der Waals surface area contributed by atoms with Crippen molar-refractivity contribution < 1.29 is 17.9 Å². The van der Waals surface area contributed by atoms with Gasteiger partial charge in [0, 0.05) is 18.2 Å². The molecule has 0 saturated heterocycles. The molecule has 0 aliphatic heterocycles. The molecule has 1 aliphatic carbocycles. The minimum absolute atomic E-state index is 0.0217. The molecular weight excluding hydrogens is 400 g/mol. The molecule has 0 aromatic heterocycles. The largest absolute Gasteiger partial charge is 0.495 e. The first-order chi connectivity index (χ1) is 14.5. The number of amides is 1. The smallest absolute Gasteiger partial charge is 0.251 e. The van der Waals surface area contributed by atoms with Crippen LogP contribution < -0.4 is 14.8 Å². The highest BCUT2D eigenvalue weighted by Crippen LogP contribution is 2.25. The van der Waals surface area contributed by atoms with Crippen LogP contribution in [0.2, 0.25) is 0 Å². The lowest BCUT2D eigenvalue weighted by Gasteiger charge is -2.17. The van der Waals surface area contributed by atoms with Gasteiger partial charge in [-0.05, 0) is 43.0 Å². The van der Waals surface area contributed by atoms with E-state index in [1.807, 2.05) is 30.3 Å². The number of carbonyl (C=O) groups is 1. The maximum atomic E-state index is 12.9. The monoisotopic (exact) mass is 430 g/mol. The summed E-state index contributed by atoms with van der Waals surface area (Å²) in [6.45, 7) is 0.258. The molecule has 0 bridgehead atoms. The SMILES string of the molecule is COc1ccc(C(=O)NC2CCCCCC2)cc1S(=O)(=O)NCCc1ccccc1. The fourth-order valence-corrected chi connectivity index (χ4v) is 5.00. The fraction of sp³-hybridized carbons (Fsp3) is 0.435. The number of carbonyl (C=O) groups excluding carboxylic acids is 1. The number of hydrogen-bond acceptors (Lipinski definition) is 4. The summed E-state index contributed by atoms with van der Waals surface area (Å²) in [5.74, 6) is -0.0292. The second kappa shape index (κ2) is 10.6. The average Bonchev–Trinajstić information content (AvgIpc) is 3.02. The zero-order valence-corrected chi connectivity index (χ0v) is 18.2. The third-order valence-electron chi connectivity index (χ3n) is 5.45. The van der Waals surface area contributed by atoms with Gasteiger partial charge in [0.1, 0.15) is 10.6 Å². The van der Waals surface area contributed by atoms with Crippen molar-refractivity contribution in [2.75, 3.05) is 13.7 Å². The van der Waals surface area contributed by atoms with E-state index in [0.29, 0.717) is 12.0 Å².